The molecule has 0 N–H and O–H groups in total. The van der Waals surface area contributed by atoms with Crippen LogP contribution in [0.5, 0.6) is 11.5 Å². The second kappa shape index (κ2) is 10.1. The largest absolute Gasteiger partial charge is 0.496 e. The molecular formula is C26H21N3O7. The minimum atomic E-state index is -0.552. The first-order valence-electron chi connectivity index (χ1n) is 10.7. The van der Waals surface area contributed by atoms with Crippen molar-refractivity contribution in [2.24, 2.45) is 4.99 Å². The molecule has 0 radical (unpaired) electrons. The van der Waals surface area contributed by atoms with Crippen LogP contribution in [-0.2, 0) is 9.53 Å². The third kappa shape index (κ3) is 4.51. The summed E-state index contributed by atoms with van der Waals surface area (Å²) in [5, 5.41) is 11.2. The Morgan fingerprint density at radius 3 is 2.33 bits per heavy atom. The van der Waals surface area contributed by atoms with E-state index in [4.69, 9.17) is 14.2 Å². The van der Waals surface area contributed by atoms with Crippen molar-refractivity contribution in [3.63, 3.8) is 0 Å². The molecule has 0 fully saturated rings. The van der Waals surface area contributed by atoms with Gasteiger partial charge in [0, 0.05) is 11.6 Å². The smallest absolute Gasteiger partial charge is 0.341 e. The first kappa shape index (κ1) is 24.1. The van der Waals surface area contributed by atoms with Gasteiger partial charge in [-0.15, -0.1) is 0 Å². The molecule has 1 heterocycles. The molecule has 1 aliphatic heterocycles. The molecule has 0 bridgehead atoms. The summed E-state index contributed by atoms with van der Waals surface area (Å²) < 4.78 is 15.5. The van der Waals surface area contributed by atoms with Crippen LogP contribution in [0.4, 0.5) is 11.4 Å². The summed E-state index contributed by atoms with van der Waals surface area (Å²) in [5.41, 5.74) is 1.71. The Labute approximate surface area is 206 Å². The minimum Gasteiger partial charge on any atom is -0.496 e. The Hall–Kier alpha value is -4.99. The highest BCUT2D eigenvalue weighted by atomic mass is 16.6. The van der Waals surface area contributed by atoms with E-state index < -0.39 is 16.8 Å². The second-order valence-electron chi connectivity index (χ2n) is 7.54. The average Bonchev–Trinajstić information content (AvgIpc) is 3.23. The number of ether oxygens (including phenoxy) is 3. The fraction of sp³-hybridized carbons (Fsp3) is 0.115. The molecule has 1 aliphatic rings. The monoisotopic (exact) mass is 487 g/mol. The average molecular weight is 487 g/mol. The molecule has 0 unspecified atom stereocenters. The Kier molecular flexibility index (Phi) is 6.77. The number of nitro benzene ring substituents is 1. The Bertz CT molecular complexity index is 1410. The predicted molar refractivity (Wildman–Crippen MR) is 132 cm³/mol. The van der Waals surface area contributed by atoms with E-state index in [0.29, 0.717) is 22.6 Å². The van der Waals surface area contributed by atoms with E-state index in [9.17, 15) is 19.7 Å². The van der Waals surface area contributed by atoms with Crippen molar-refractivity contribution < 1.29 is 28.7 Å². The maximum Gasteiger partial charge on any atom is 0.341 e. The van der Waals surface area contributed by atoms with Crippen molar-refractivity contribution in [2.45, 2.75) is 0 Å². The first-order chi connectivity index (χ1) is 17.4. The van der Waals surface area contributed by atoms with Crippen LogP contribution in [-0.4, -0.2) is 44.0 Å². The quantitative estimate of drug-likeness (QED) is 0.212. The lowest BCUT2D eigenvalue weighted by molar-refractivity contribution is -0.384. The van der Waals surface area contributed by atoms with E-state index in [1.54, 1.807) is 30.3 Å². The molecule has 0 aromatic heterocycles. The van der Waals surface area contributed by atoms with Crippen molar-refractivity contribution in [1.82, 2.24) is 0 Å². The SMILES string of the molecule is COC(=O)c1ccc(C=C2N=C(c3ccccc3)N(c3ccc([N+](=O)[O-])cc3OC)C2=O)cc1OC. The van der Waals surface area contributed by atoms with Crippen molar-refractivity contribution in [2.75, 3.05) is 26.2 Å². The number of nitro groups is 1. The fourth-order valence-corrected chi connectivity index (χ4v) is 3.72. The number of esters is 1. The normalized spacial score (nSPS) is 14.0. The lowest BCUT2D eigenvalue weighted by atomic mass is 10.1. The molecule has 182 valence electrons. The summed E-state index contributed by atoms with van der Waals surface area (Å²) >= 11 is 0. The third-order valence-corrected chi connectivity index (χ3v) is 5.44. The zero-order valence-corrected chi connectivity index (χ0v) is 19.6. The molecule has 0 atom stereocenters. The highest BCUT2D eigenvalue weighted by Crippen LogP contribution is 2.37. The molecule has 0 saturated carbocycles. The lowest BCUT2D eigenvalue weighted by Gasteiger charge is -2.20. The molecular weight excluding hydrogens is 466 g/mol. The number of carbonyl (C=O) groups excluding carboxylic acids is 2. The van der Waals surface area contributed by atoms with Crippen molar-refractivity contribution in [3.05, 3.63) is 99.2 Å². The number of hydrogen-bond acceptors (Lipinski definition) is 8. The highest BCUT2D eigenvalue weighted by Gasteiger charge is 2.35. The number of amides is 1. The number of aliphatic imine (C=N–C) groups is 1. The zero-order valence-electron chi connectivity index (χ0n) is 19.6. The number of nitrogens with zero attached hydrogens (tertiary/aromatic N) is 3. The van der Waals surface area contributed by atoms with Crippen molar-refractivity contribution >= 4 is 35.2 Å². The Balaban J connectivity index is 1.83. The van der Waals surface area contributed by atoms with Gasteiger partial charge in [0.2, 0.25) is 0 Å². The molecule has 4 rings (SSSR count). The number of methoxy groups -OCH3 is 3. The third-order valence-electron chi connectivity index (χ3n) is 5.44. The molecule has 0 saturated heterocycles. The van der Waals surface area contributed by atoms with E-state index >= 15 is 0 Å². The Morgan fingerprint density at radius 2 is 1.69 bits per heavy atom. The maximum absolute atomic E-state index is 13.6. The number of rotatable bonds is 7. The van der Waals surface area contributed by atoms with Crippen LogP contribution in [0.2, 0.25) is 0 Å². The fourth-order valence-electron chi connectivity index (χ4n) is 3.72. The van der Waals surface area contributed by atoms with Gasteiger partial charge < -0.3 is 14.2 Å². The van der Waals surface area contributed by atoms with Gasteiger partial charge >= 0.3 is 5.97 Å². The molecule has 0 aliphatic carbocycles. The van der Waals surface area contributed by atoms with Crippen molar-refractivity contribution in [1.29, 1.82) is 0 Å². The van der Waals surface area contributed by atoms with E-state index in [-0.39, 0.29) is 28.4 Å². The van der Waals surface area contributed by atoms with E-state index in [0.717, 1.165) is 0 Å². The van der Waals surface area contributed by atoms with Gasteiger partial charge in [0.05, 0.1) is 38.0 Å². The first-order valence-corrected chi connectivity index (χ1v) is 10.7. The molecule has 36 heavy (non-hydrogen) atoms. The Morgan fingerprint density at radius 1 is 0.972 bits per heavy atom. The van der Waals surface area contributed by atoms with E-state index in [1.165, 1.54) is 50.5 Å². The predicted octanol–water partition coefficient (Wildman–Crippen LogP) is 4.23. The van der Waals surface area contributed by atoms with Gasteiger partial charge in [0.25, 0.3) is 11.6 Å². The van der Waals surface area contributed by atoms with Crippen LogP contribution in [0.25, 0.3) is 6.08 Å². The van der Waals surface area contributed by atoms with Crippen molar-refractivity contribution in [3.8, 4) is 11.5 Å². The van der Waals surface area contributed by atoms with Crippen LogP contribution in [0.1, 0.15) is 21.5 Å². The number of anilines is 1. The highest BCUT2D eigenvalue weighted by molar-refractivity contribution is 6.33. The molecule has 10 heteroatoms. The molecule has 3 aromatic carbocycles. The number of hydrogen-bond donors (Lipinski definition) is 0. The van der Waals surface area contributed by atoms with Crippen LogP contribution in [0.15, 0.2) is 77.4 Å². The second-order valence-corrected chi connectivity index (χ2v) is 7.54. The number of carbonyl (C=O) groups is 2. The maximum atomic E-state index is 13.6. The summed E-state index contributed by atoms with van der Waals surface area (Å²) in [6.07, 6.45) is 1.56. The van der Waals surface area contributed by atoms with Crippen LogP contribution in [0.3, 0.4) is 0 Å². The summed E-state index contributed by atoms with van der Waals surface area (Å²) in [7, 11) is 4.07. The van der Waals surface area contributed by atoms with Gasteiger partial charge in [-0.1, -0.05) is 36.4 Å². The van der Waals surface area contributed by atoms with Gasteiger partial charge in [-0.2, -0.15) is 0 Å². The molecule has 0 spiro atoms. The van der Waals surface area contributed by atoms with Crippen LogP contribution >= 0.6 is 0 Å². The van der Waals surface area contributed by atoms with Gasteiger partial charge in [-0.3, -0.25) is 19.8 Å². The summed E-state index contributed by atoms with van der Waals surface area (Å²) in [6, 6.07) is 17.8. The number of amidine groups is 1. The van der Waals surface area contributed by atoms with Gasteiger partial charge in [0.1, 0.15) is 28.6 Å². The molecule has 1 amide bonds. The molecule has 10 nitrogen and oxygen atoms in total. The topological polar surface area (TPSA) is 121 Å². The lowest BCUT2D eigenvalue weighted by Crippen LogP contribution is -2.33. The van der Waals surface area contributed by atoms with Gasteiger partial charge in [-0.25, -0.2) is 9.79 Å². The zero-order chi connectivity index (χ0) is 25.8. The number of non-ortho nitro benzene ring substituents is 1. The summed E-state index contributed by atoms with van der Waals surface area (Å²) in [6.45, 7) is 0. The van der Waals surface area contributed by atoms with Crippen LogP contribution in [0, 0.1) is 10.1 Å². The molecule has 3 aromatic rings. The van der Waals surface area contributed by atoms with Gasteiger partial charge in [0.15, 0.2) is 0 Å². The minimum absolute atomic E-state index is 0.113. The standard InChI is InChI=1S/C26H21N3O7/c1-34-22-14-16(9-11-19(22)26(31)36-3)13-20-25(30)28(24(27-20)17-7-5-4-6-8-17)21-12-10-18(29(32)33)15-23(21)35-2/h4-15H,1-3H3. The van der Waals surface area contributed by atoms with Crippen LogP contribution < -0.4 is 14.4 Å². The summed E-state index contributed by atoms with van der Waals surface area (Å²) in [5.74, 6) is -0.257. The summed E-state index contributed by atoms with van der Waals surface area (Å²) in [4.78, 5) is 42.2. The van der Waals surface area contributed by atoms with Gasteiger partial charge in [-0.05, 0) is 29.8 Å². The number of benzene rings is 3. The van der Waals surface area contributed by atoms with E-state index in [2.05, 4.69) is 4.99 Å². The van der Waals surface area contributed by atoms with E-state index in [1.807, 2.05) is 18.2 Å².